The Hall–Kier alpha value is -1.09. The van der Waals surface area contributed by atoms with Gasteiger partial charge in [0.25, 0.3) is 0 Å². The van der Waals surface area contributed by atoms with Gasteiger partial charge in [0.2, 0.25) is 0 Å². The van der Waals surface area contributed by atoms with Crippen molar-refractivity contribution in [2.24, 2.45) is 0 Å². The van der Waals surface area contributed by atoms with E-state index in [-0.39, 0.29) is 11.8 Å². The molecule has 15 heavy (non-hydrogen) atoms. The number of nitrogens with one attached hydrogen (secondary N) is 1. The van der Waals surface area contributed by atoms with Gasteiger partial charge in [0.05, 0.1) is 0 Å². The number of aromatic hydroxyl groups is 1. The molecule has 82 valence electrons. The van der Waals surface area contributed by atoms with Crippen molar-refractivity contribution in [1.29, 1.82) is 0 Å². The maximum atomic E-state index is 13.1. The molecule has 2 rings (SSSR count). The molecule has 1 heterocycles. The van der Waals surface area contributed by atoms with Crippen molar-refractivity contribution in [1.82, 2.24) is 5.32 Å². The number of benzene rings is 1. The molecule has 0 radical (unpaired) electrons. The van der Waals surface area contributed by atoms with Crippen LogP contribution in [0.25, 0.3) is 0 Å². The van der Waals surface area contributed by atoms with Gasteiger partial charge in [-0.05, 0) is 44.0 Å². The maximum Gasteiger partial charge on any atom is 0.122 e. The Balaban J connectivity index is 2.31. The predicted octanol–water partition coefficient (Wildman–Crippen LogP) is 2.85. The van der Waals surface area contributed by atoms with Crippen molar-refractivity contribution in [3.63, 3.8) is 0 Å². The summed E-state index contributed by atoms with van der Waals surface area (Å²) >= 11 is 0. The van der Waals surface area contributed by atoms with E-state index < -0.39 is 6.17 Å². The third kappa shape index (κ3) is 2.12. The first kappa shape index (κ1) is 10.4. The highest BCUT2D eigenvalue weighted by atomic mass is 19.1. The molecule has 1 aromatic rings. The van der Waals surface area contributed by atoms with Gasteiger partial charge in [-0.3, -0.25) is 0 Å². The van der Waals surface area contributed by atoms with E-state index >= 15 is 0 Å². The first-order chi connectivity index (χ1) is 7.18. The molecule has 1 aromatic carbocycles. The van der Waals surface area contributed by atoms with Crippen LogP contribution in [0.3, 0.4) is 0 Å². The van der Waals surface area contributed by atoms with E-state index in [9.17, 15) is 9.50 Å². The molecule has 0 bridgehead atoms. The number of hydrogen-bond acceptors (Lipinski definition) is 2. The molecular weight excluding hydrogens is 193 g/mol. The average Bonchev–Trinajstić information content (AvgIpc) is 2.71. The van der Waals surface area contributed by atoms with E-state index in [1.807, 2.05) is 0 Å². The summed E-state index contributed by atoms with van der Waals surface area (Å²) in [5.41, 5.74) is 1.46. The highest BCUT2D eigenvalue weighted by molar-refractivity contribution is 5.39. The van der Waals surface area contributed by atoms with Crippen molar-refractivity contribution in [3.05, 3.63) is 29.3 Å². The largest absolute Gasteiger partial charge is 0.508 e. The van der Waals surface area contributed by atoms with Crippen LogP contribution >= 0.6 is 0 Å². The van der Waals surface area contributed by atoms with Crippen molar-refractivity contribution >= 4 is 0 Å². The Bertz CT molecular complexity index is 345. The van der Waals surface area contributed by atoms with Gasteiger partial charge in [-0.1, -0.05) is 6.07 Å². The van der Waals surface area contributed by atoms with Gasteiger partial charge in [0.1, 0.15) is 11.9 Å². The molecule has 2 atom stereocenters. The summed E-state index contributed by atoms with van der Waals surface area (Å²) in [6.45, 7) is 2.48. The quantitative estimate of drug-likeness (QED) is 0.785. The van der Waals surface area contributed by atoms with E-state index in [0.717, 1.165) is 24.9 Å². The highest BCUT2D eigenvalue weighted by Gasteiger charge is 2.20. The standard InChI is InChI=1S/C12H16FNO/c1-8(13)9-4-5-12(15)10(7-9)11-3-2-6-14-11/h4-5,7-8,11,14-15H,2-3,6H2,1H3. The van der Waals surface area contributed by atoms with Crippen molar-refractivity contribution in [2.75, 3.05) is 6.54 Å². The second-order valence-corrected chi connectivity index (χ2v) is 4.08. The summed E-state index contributed by atoms with van der Waals surface area (Å²) in [7, 11) is 0. The van der Waals surface area contributed by atoms with Crippen LogP contribution in [0, 0.1) is 0 Å². The number of halogens is 1. The molecule has 3 heteroatoms. The van der Waals surface area contributed by atoms with Gasteiger partial charge in [-0.15, -0.1) is 0 Å². The van der Waals surface area contributed by atoms with Crippen LogP contribution in [0.5, 0.6) is 5.75 Å². The van der Waals surface area contributed by atoms with E-state index in [4.69, 9.17) is 0 Å². The Labute approximate surface area is 89.1 Å². The van der Waals surface area contributed by atoms with Crippen molar-refractivity contribution in [3.8, 4) is 5.75 Å². The summed E-state index contributed by atoms with van der Waals surface area (Å²) in [5.74, 6) is 0.263. The molecule has 0 aliphatic carbocycles. The van der Waals surface area contributed by atoms with Gasteiger partial charge in [-0.25, -0.2) is 4.39 Å². The molecule has 0 saturated carbocycles. The fraction of sp³-hybridized carbons (Fsp3) is 0.500. The molecule has 0 amide bonds. The van der Waals surface area contributed by atoms with Crippen LogP contribution in [0.1, 0.15) is 43.1 Å². The molecule has 2 nitrogen and oxygen atoms in total. The maximum absolute atomic E-state index is 13.1. The third-order valence-corrected chi connectivity index (χ3v) is 2.95. The molecular formula is C12H16FNO. The van der Waals surface area contributed by atoms with E-state index in [0.29, 0.717) is 5.56 Å². The second kappa shape index (κ2) is 4.19. The van der Waals surface area contributed by atoms with Gasteiger partial charge in [0, 0.05) is 11.6 Å². The molecule has 1 aliphatic heterocycles. The van der Waals surface area contributed by atoms with Crippen molar-refractivity contribution in [2.45, 2.75) is 32.0 Å². The van der Waals surface area contributed by atoms with Crippen LogP contribution in [0.2, 0.25) is 0 Å². The number of alkyl halides is 1. The van der Waals surface area contributed by atoms with Crippen LogP contribution < -0.4 is 5.32 Å². The Morgan fingerprint density at radius 2 is 2.33 bits per heavy atom. The zero-order valence-corrected chi connectivity index (χ0v) is 8.83. The van der Waals surface area contributed by atoms with Gasteiger partial charge >= 0.3 is 0 Å². The molecule has 2 N–H and O–H groups in total. The smallest absolute Gasteiger partial charge is 0.122 e. The fourth-order valence-electron chi connectivity index (χ4n) is 2.05. The topological polar surface area (TPSA) is 32.3 Å². The first-order valence-corrected chi connectivity index (χ1v) is 5.39. The summed E-state index contributed by atoms with van der Waals surface area (Å²) in [6.07, 6.45) is 1.14. The summed E-state index contributed by atoms with van der Waals surface area (Å²) in [4.78, 5) is 0. The summed E-state index contributed by atoms with van der Waals surface area (Å²) in [5, 5.41) is 13.0. The summed E-state index contributed by atoms with van der Waals surface area (Å²) < 4.78 is 13.1. The van der Waals surface area contributed by atoms with E-state index in [2.05, 4.69) is 5.32 Å². The normalized spacial score (nSPS) is 22.9. The lowest BCUT2D eigenvalue weighted by Crippen LogP contribution is -2.13. The van der Waals surface area contributed by atoms with Crippen LogP contribution in [0.15, 0.2) is 18.2 Å². The average molecular weight is 209 g/mol. The van der Waals surface area contributed by atoms with Gasteiger partial charge in [-0.2, -0.15) is 0 Å². The molecule has 1 fully saturated rings. The molecule has 0 aromatic heterocycles. The summed E-state index contributed by atoms with van der Waals surface area (Å²) in [6, 6.07) is 5.17. The lowest BCUT2D eigenvalue weighted by molar-refractivity contribution is 0.372. The Kier molecular flexibility index (Phi) is 2.91. The van der Waals surface area contributed by atoms with E-state index in [1.54, 1.807) is 18.2 Å². The monoisotopic (exact) mass is 209 g/mol. The number of rotatable bonds is 2. The predicted molar refractivity (Wildman–Crippen MR) is 57.6 cm³/mol. The van der Waals surface area contributed by atoms with Crippen molar-refractivity contribution < 1.29 is 9.50 Å². The van der Waals surface area contributed by atoms with Crippen LogP contribution in [-0.2, 0) is 0 Å². The third-order valence-electron chi connectivity index (χ3n) is 2.95. The Morgan fingerprint density at radius 3 is 2.93 bits per heavy atom. The molecule has 1 aliphatic rings. The number of phenolic OH excluding ortho intramolecular Hbond substituents is 1. The molecule has 2 unspecified atom stereocenters. The van der Waals surface area contributed by atoms with Gasteiger partial charge in [0.15, 0.2) is 0 Å². The fourth-order valence-corrected chi connectivity index (χ4v) is 2.05. The zero-order valence-electron chi connectivity index (χ0n) is 8.83. The minimum Gasteiger partial charge on any atom is -0.508 e. The highest BCUT2D eigenvalue weighted by Crippen LogP contribution is 2.32. The van der Waals surface area contributed by atoms with Crippen LogP contribution in [-0.4, -0.2) is 11.7 Å². The number of phenols is 1. The zero-order chi connectivity index (χ0) is 10.8. The number of hydrogen-bond donors (Lipinski definition) is 2. The van der Waals surface area contributed by atoms with E-state index in [1.165, 1.54) is 6.92 Å². The first-order valence-electron chi connectivity index (χ1n) is 5.39. The molecule has 0 spiro atoms. The Morgan fingerprint density at radius 1 is 1.53 bits per heavy atom. The lowest BCUT2D eigenvalue weighted by Gasteiger charge is -2.14. The SMILES string of the molecule is CC(F)c1ccc(O)c(C2CCCN2)c1. The minimum atomic E-state index is -0.981. The van der Waals surface area contributed by atoms with Crippen LogP contribution in [0.4, 0.5) is 4.39 Å². The minimum absolute atomic E-state index is 0.184. The van der Waals surface area contributed by atoms with Gasteiger partial charge < -0.3 is 10.4 Å². The molecule has 1 saturated heterocycles. The second-order valence-electron chi connectivity index (χ2n) is 4.08. The lowest BCUT2D eigenvalue weighted by atomic mass is 10.00.